The van der Waals surface area contributed by atoms with E-state index < -0.39 is 0 Å². The Kier molecular flexibility index (Phi) is 4.86. The predicted molar refractivity (Wildman–Crippen MR) is 106 cm³/mol. The molecule has 0 saturated heterocycles. The number of nitrogens with one attached hydrogen (secondary N) is 2. The van der Waals surface area contributed by atoms with Crippen LogP contribution in [0.5, 0.6) is 0 Å². The highest BCUT2D eigenvalue weighted by molar-refractivity contribution is 6.30. The van der Waals surface area contributed by atoms with Crippen LogP contribution in [0.3, 0.4) is 0 Å². The van der Waals surface area contributed by atoms with Gasteiger partial charge in [0.25, 0.3) is 5.91 Å². The molecule has 6 heteroatoms. The Bertz CT molecular complexity index is 962. The van der Waals surface area contributed by atoms with Crippen LogP contribution in [0.4, 0.5) is 5.69 Å². The molecule has 0 atom stereocenters. The van der Waals surface area contributed by atoms with Gasteiger partial charge in [0.1, 0.15) is 0 Å². The zero-order valence-corrected chi connectivity index (χ0v) is 15.7. The van der Waals surface area contributed by atoms with Crippen molar-refractivity contribution in [3.05, 3.63) is 70.7 Å². The van der Waals surface area contributed by atoms with E-state index in [1.807, 2.05) is 49.4 Å². The summed E-state index contributed by atoms with van der Waals surface area (Å²) >= 11 is 5.92. The number of carbonyl (C=O) groups is 1. The molecule has 3 aromatic rings. The van der Waals surface area contributed by atoms with Crippen molar-refractivity contribution in [1.82, 2.24) is 10.3 Å². The fourth-order valence-corrected chi connectivity index (χ4v) is 2.89. The number of nitrogens with zero attached hydrogens (tertiary/aromatic N) is 1. The smallest absolute Gasteiger partial charge is 0.251 e. The molecular formula is C21H20ClN3O2. The minimum Gasteiger partial charge on any atom is -0.439 e. The summed E-state index contributed by atoms with van der Waals surface area (Å²) in [5.74, 6) is 1.24. The van der Waals surface area contributed by atoms with Gasteiger partial charge in [-0.25, -0.2) is 4.98 Å². The van der Waals surface area contributed by atoms with Crippen molar-refractivity contribution in [1.29, 1.82) is 0 Å². The number of hydrogen-bond acceptors (Lipinski definition) is 4. The second kappa shape index (κ2) is 7.45. The van der Waals surface area contributed by atoms with Gasteiger partial charge in [-0.15, -0.1) is 0 Å². The molecule has 1 heterocycles. The number of halogens is 1. The van der Waals surface area contributed by atoms with Crippen LogP contribution in [0.2, 0.25) is 5.02 Å². The molecule has 2 N–H and O–H groups in total. The number of oxazole rings is 1. The fraction of sp³-hybridized carbons (Fsp3) is 0.238. The predicted octanol–water partition coefficient (Wildman–Crippen LogP) is 4.81. The number of rotatable bonds is 6. The van der Waals surface area contributed by atoms with Crippen LogP contribution in [0.15, 0.2) is 53.1 Å². The first-order valence-electron chi connectivity index (χ1n) is 8.94. The number of aryl methyl sites for hydroxylation is 1. The van der Waals surface area contributed by atoms with Crippen molar-refractivity contribution in [3.63, 3.8) is 0 Å². The Morgan fingerprint density at radius 1 is 1.22 bits per heavy atom. The molecule has 5 nitrogen and oxygen atoms in total. The van der Waals surface area contributed by atoms with Crippen LogP contribution in [0.25, 0.3) is 11.3 Å². The molecule has 0 unspecified atom stereocenters. The fourth-order valence-electron chi connectivity index (χ4n) is 2.76. The Balaban J connectivity index is 1.43. The normalized spacial score (nSPS) is 13.4. The van der Waals surface area contributed by atoms with Crippen LogP contribution < -0.4 is 10.6 Å². The molecule has 0 radical (unpaired) electrons. The summed E-state index contributed by atoms with van der Waals surface area (Å²) in [6.45, 7) is 2.43. The summed E-state index contributed by atoms with van der Waals surface area (Å²) in [6.07, 6.45) is 3.85. The van der Waals surface area contributed by atoms with Gasteiger partial charge in [0, 0.05) is 27.9 Å². The van der Waals surface area contributed by atoms with Crippen molar-refractivity contribution in [2.24, 2.45) is 0 Å². The number of aromatic nitrogens is 1. The van der Waals surface area contributed by atoms with Crippen molar-refractivity contribution in [2.75, 3.05) is 5.32 Å². The van der Waals surface area contributed by atoms with Crippen molar-refractivity contribution < 1.29 is 9.21 Å². The third kappa shape index (κ3) is 4.31. The van der Waals surface area contributed by atoms with Crippen LogP contribution in [0.1, 0.15) is 34.7 Å². The SMILES string of the molecule is Cc1ccc(C(=O)NC2CC2)cc1NCc1ncc(-c2ccc(Cl)cc2)o1. The number of hydrogen-bond donors (Lipinski definition) is 2. The first-order chi connectivity index (χ1) is 13.1. The maximum absolute atomic E-state index is 12.2. The Labute approximate surface area is 162 Å². The molecule has 1 aliphatic carbocycles. The molecule has 1 fully saturated rings. The number of amides is 1. The molecule has 1 saturated carbocycles. The highest BCUT2D eigenvalue weighted by atomic mass is 35.5. The lowest BCUT2D eigenvalue weighted by molar-refractivity contribution is 0.0951. The standard InChI is InChI=1S/C21H20ClN3O2/c1-13-2-3-15(21(26)25-17-8-9-17)10-18(13)23-12-20-24-11-19(27-20)14-4-6-16(22)7-5-14/h2-7,10-11,17,23H,8-9,12H2,1H3,(H,25,26). The Morgan fingerprint density at radius 3 is 2.74 bits per heavy atom. The third-order valence-electron chi connectivity index (χ3n) is 4.52. The van der Waals surface area contributed by atoms with Gasteiger partial charge in [-0.3, -0.25) is 4.79 Å². The molecule has 27 heavy (non-hydrogen) atoms. The minimum atomic E-state index is -0.0262. The first kappa shape index (κ1) is 17.6. The molecule has 0 spiro atoms. The number of anilines is 1. The summed E-state index contributed by atoms with van der Waals surface area (Å²) in [6, 6.07) is 13.4. The van der Waals surface area contributed by atoms with E-state index in [9.17, 15) is 4.79 Å². The van der Waals surface area contributed by atoms with Gasteiger partial charge in [-0.2, -0.15) is 0 Å². The molecule has 138 valence electrons. The van der Waals surface area contributed by atoms with E-state index >= 15 is 0 Å². The minimum absolute atomic E-state index is 0.0262. The first-order valence-corrected chi connectivity index (χ1v) is 9.32. The van der Waals surface area contributed by atoms with E-state index in [1.165, 1.54) is 0 Å². The lowest BCUT2D eigenvalue weighted by Gasteiger charge is -2.10. The van der Waals surface area contributed by atoms with Gasteiger partial charge in [-0.05, 0) is 61.7 Å². The third-order valence-corrected chi connectivity index (χ3v) is 4.78. The Hall–Kier alpha value is -2.79. The molecule has 1 aromatic heterocycles. The Morgan fingerprint density at radius 2 is 2.00 bits per heavy atom. The van der Waals surface area contributed by atoms with Crippen molar-refractivity contribution in [2.45, 2.75) is 32.4 Å². The molecule has 1 amide bonds. The second-order valence-electron chi connectivity index (χ2n) is 6.76. The molecule has 2 aromatic carbocycles. The molecule has 1 aliphatic rings. The van der Waals surface area contributed by atoms with Crippen LogP contribution >= 0.6 is 11.6 Å². The molecule has 0 aliphatic heterocycles. The summed E-state index contributed by atoms with van der Waals surface area (Å²) in [5.41, 5.74) is 3.53. The monoisotopic (exact) mass is 381 g/mol. The number of benzene rings is 2. The van der Waals surface area contributed by atoms with Crippen molar-refractivity contribution in [3.8, 4) is 11.3 Å². The highest BCUT2D eigenvalue weighted by Crippen LogP contribution is 2.24. The van der Waals surface area contributed by atoms with E-state index in [4.69, 9.17) is 16.0 Å². The van der Waals surface area contributed by atoms with Gasteiger partial charge in [0.05, 0.1) is 12.7 Å². The topological polar surface area (TPSA) is 67.2 Å². The average molecular weight is 382 g/mol. The van der Waals surface area contributed by atoms with Gasteiger partial charge >= 0.3 is 0 Å². The van der Waals surface area contributed by atoms with Gasteiger partial charge in [0.15, 0.2) is 5.76 Å². The lowest BCUT2D eigenvalue weighted by atomic mass is 10.1. The zero-order chi connectivity index (χ0) is 18.8. The summed E-state index contributed by atoms with van der Waals surface area (Å²) in [5, 5.41) is 7.00. The quantitative estimate of drug-likeness (QED) is 0.643. The van der Waals surface area contributed by atoms with Crippen molar-refractivity contribution >= 4 is 23.2 Å². The molecular weight excluding hydrogens is 362 g/mol. The van der Waals surface area contributed by atoms with E-state index in [0.29, 0.717) is 34.8 Å². The number of carbonyl (C=O) groups excluding carboxylic acids is 1. The van der Waals surface area contributed by atoms with Gasteiger partial charge in [0.2, 0.25) is 5.89 Å². The van der Waals surface area contributed by atoms with Gasteiger partial charge in [-0.1, -0.05) is 17.7 Å². The van der Waals surface area contributed by atoms with Crippen LogP contribution in [-0.2, 0) is 6.54 Å². The lowest BCUT2D eigenvalue weighted by Crippen LogP contribution is -2.25. The zero-order valence-electron chi connectivity index (χ0n) is 15.0. The average Bonchev–Trinajstić information content (AvgIpc) is 3.35. The molecule has 0 bridgehead atoms. The van der Waals surface area contributed by atoms with E-state index in [1.54, 1.807) is 6.20 Å². The second-order valence-corrected chi connectivity index (χ2v) is 7.19. The van der Waals surface area contributed by atoms with E-state index in [-0.39, 0.29) is 5.91 Å². The van der Waals surface area contributed by atoms with E-state index in [0.717, 1.165) is 29.7 Å². The summed E-state index contributed by atoms with van der Waals surface area (Å²) < 4.78 is 5.81. The summed E-state index contributed by atoms with van der Waals surface area (Å²) in [7, 11) is 0. The highest BCUT2D eigenvalue weighted by Gasteiger charge is 2.24. The molecule has 4 rings (SSSR count). The van der Waals surface area contributed by atoms with Crippen LogP contribution in [-0.4, -0.2) is 16.9 Å². The van der Waals surface area contributed by atoms with Crippen LogP contribution in [0, 0.1) is 6.92 Å². The maximum atomic E-state index is 12.2. The van der Waals surface area contributed by atoms with Gasteiger partial charge < -0.3 is 15.1 Å². The van der Waals surface area contributed by atoms with E-state index in [2.05, 4.69) is 15.6 Å². The maximum Gasteiger partial charge on any atom is 0.251 e. The summed E-state index contributed by atoms with van der Waals surface area (Å²) in [4.78, 5) is 16.6. The largest absolute Gasteiger partial charge is 0.439 e.